The topological polar surface area (TPSA) is 302 Å². The number of allylic oxidation sites excluding steroid dienone is 2. The van der Waals surface area contributed by atoms with Gasteiger partial charge < -0.3 is 50.7 Å². The summed E-state index contributed by atoms with van der Waals surface area (Å²) in [6.45, 7) is 38.1. The number of aromatic amines is 2. The quantitative estimate of drug-likeness (QED) is 0.0953. The number of nitrogens with zero attached hydrogens (tertiary/aromatic N) is 5. The van der Waals surface area contributed by atoms with E-state index in [-0.39, 0.29) is 81.4 Å². The number of aromatic nitrogens is 5. The van der Waals surface area contributed by atoms with E-state index >= 15 is 0 Å². The van der Waals surface area contributed by atoms with Gasteiger partial charge in [0.15, 0.2) is 17.3 Å². The van der Waals surface area contributed by atoms with Crippen LogP contribution in [0.2, 0.25) is 0 Å². The molecular weight excluding hydrogens is 1180 g/mol. The Morgan fingerprint density at radius 3 is 1.46 bits per heavy atom. The van der Waals surface area contributed by atoms with E-state index in [9.17, 15) is 38.4 Å². The summed E-state index contributed by atoms with van der Waals surface area (Å²) in [6.07, 6.45) is 8.17. The van der Waals surface area contributed by atoms with Crippen LogP contribution in [0.4, 0.5) is 9.59 Å². The number of aromatic carboxylic acids is 1. The fourth-order valence-corrected chi connectivity index (χ4v) is 15.5. The first kappa shape index (κ1) is 69.5. The number of carboxylic acids is 1. The number of rotatable bonds is 5. The first-order valence-corrected chi connectivity index (χ1v) is 32.9. The van der Waals surface area contributed by atoms with Crippen molar-refractivity contribution in [3.63, 3.8) is 0 Å². The molecule has 21 heteroatoms. The maximum Gasteiger partial charge on any atom is 0.410 e. The smallest absolute Gasteiger partial charge is 0.410 e. The minimum atomic E-state index is -1.06. The summed E-state index contributed by atoms with van der Waals surface area (Å²) in [5.41, 5.74) is 13.2. The molecule has 0 aromatic carbocycles. The Hall–Kier alpha value is -7.81. The van der Waals surface area contributed by atoms with E-state index in [1.807, 2.05) is 95.2 Å². The minimum Gasteiger partial charge on any atom is -0.477 e. The summed E-state index contributed by atoms with van der Waals surface area (Å²) < 4.78 is 10.6. The van der Waals surface area contributed by atoms with E-state index < -0.39 is 33.4 Å². The number of ether oxygens (including phenoxy) is 2. The average molecular weight is 1280 g/mol. The monoisotopic (exact) mass is 1280 g/mol. The Kier molecular flexibility index (Phi) is 18.6. The molecule has 0 radical (unpaired) electrons. The van der Waals surface area contributed by atoms with Crippen molar-refractivity contribution in [2.75, 3.05) is 26.2 Å². The van der Waals surface area contributed by atoms with Crippen molar-refractivity contribution in [3.8, 4) is 0 Å². The zero-order chi connectivity index (χ0) is 68.7. The molecule has 2 unspecified atom stereocenters. The molecule has 5 aromatic rings. The van der Waals surface area contributed by atoms with Crippen LogP contribution in [0, 0.1) is 21.7 Å². The number of Topliss-reactive ketones (excluding diaryl/α,β-unsaturated/α-hetero) is 3. The van der Waals surface area contributed by atoms with Crippen LogP contribution in [0.25, 0.3) is 27.6 Å². The largest absolute Gasteiger partial charge is 0.477 e. The molecule has 2 atom stereocenters. The fraction of sp³-hybridized carbons (Fsp3) is 0.597. The third kappa shape index (κ3) is 14.8. The molecule has 7 heterocycles. The number of amides is 4. The molecule has 7 aliphatic rings. The third-order valence-corrected chi connectivity index (χ3v) is 18.8. The molecule has 3 fully saturated rings. The van der Waals surface area contributed by atoms with Crippen molar-refractivity contribution in [2.24, 2.45) is 27.4 Å². The van der Waals surface area contributed by atoms with Gasteiger partial charge in [-0.15, -0.1) is 0 Å². The van der Waals surface area contributed by atoms with Gasteiger partial charge in [0, 0.05) is 83.7 Å². The van der Waals surface area contributed by atoms with Crippen molar-refractivity contribution < 1.29 is 52.9 Å². The van der Waals surface area contributed by atoms with E-state index in [0.29, 0.717) is 72.7 Å². The van der Waals surface area contributed by atoms with Crippen molar-refractivity contribution in [1.82, 2.24) is 45.4 Å². The number of hydrogen-bond acceptors (Lipinski definition) is 14. The predicted molar refractivity (Wildman–Crippen MR) is 357 cm³/mol. The Morgan fingerprint density at radius 1 is 0.548 bits per heavy atom. The second-order valence-corrected chi connectivity index (χ2v) is 32.6. The highest BCUT2D eigenvalue weighted by molar-refractivity contribution is 6.11. The molecule has 93 heavy (non-hydrogen) atoms. The van der Waals surface area contributed by atoms with Crippen LogP contribution in [0.1, 0.15) is 257 Å². The van der Waals surface area contributed by atoms with Crippen LogP contribution in [-0.4, -0.2) is 143 Å². The summed E-state index contributed by atoms with van der Waals surface area (Å²) >= 11 is 0. The van der Waals surface area contributed by atoms with Gasteiger partial charge in [-0.3, -0.25) is 24.0 Å². The zero-order valence-corrected chi connectivity index (χ0v) is 57.9. The number of fused-ring (bicyclic) bond motifs is 8. The molecule has 0 bridgehead atoms. The summed E-state index contributed by atoms with van der Waals surface area (Å²) in [5.74, 6) is -1.06. The molecule has 0 spiro atoms. The number of H-pyrrole nitrogens is 2. The number of nitrogens with one attached hydrogen (secondary N) is 4. The van der Waals surface area contributed by atoms with E-state index in [0.717, 1.165) is 83.2 Å². The lowest BCUT2D eigenvalue weighted by Gasteiger charge is -2.40. The minimum absolute atomic E-state index is 0.00242. The third-order valence-electron chi connectivity index (χ3n) is 18.8. The van der Waals surface area contributed by atoms with Gasteiger partial charge >= 0.3 is 18.2 Å². The van der Waals surface area contributed by atoms with Crippen molar-refractivity contribution in [1.29, 1.82) is 0 Å². The molecule has 502 valence electrons. The van der Waals surface area contributed by atoms with Crippen LogP contribution in [0.5, 0.6) is 0 Å². The van der Waals surface area contributed by atoms with E-state index in [4.69, 9.17) is 25.3 Å². The standard InChI is InChI=1S/C26H35N3O4.C21H27N3O2.C16H18N2O3.C9H18N2O2/c1-24(2,3)33-23(32)29-11-10-16(13-29)27-22(31)18-9-8-15-12-17-19(20(15)28-18)25(4,5)14-26(6,7)21(17)30;1-20(2)11-21(3,4)18(25)17-15(20)16-13(23-17)9-10-14(24-16)19(26)22-12-7-5-6-8-12;1-15(2)7-16(3,4)13(19)12-10(15)11-8(17-12)5-6-9(18-11)14(20)21;1-9(2,3)13-8(12)11-5-4-7(10)6-11/h8-9,16H,10-14H2,1-7H3,(H,27,31);9-10,12,23H,5-8,11H2,1-4H3,(H,22,26);5-6,17H,7H2,1-4H3,(H,20,21);7H,4-6,10H2,1-3H3. The van der Waals surface area contributed by atoms with Crippen LogP contribution in [0.15, 0.2) is 42.0 Å². The van der Waals surface area contributed by atoms with Gasteiger partial charge in [-0.1, -0.05) is 102 Å². The van der Waals surface area contributed by atoms with Gasteiger partial charge in [0.2, 0.25) is 0 Å². The van der Waals surface area contributed by atoms with E-state index in [1.54, 1.807) is 28.0 Å². The molecule has 2 saturated heterocycles. The van der Waals surface area contributed by atoms with E-state index in [1.165, 1.54) is 18.9 Å². The first-order chi connectivity index (χ1) is 42.9. The predicted octanol–water partition coefficient (Wildman–Crippen LogP) is 12.4. The number of likely N-dealkylation sites (tertiary alicyclic amines) is 2. The molecule has 4 amide bonds. The molecule has 12 rings (SSSR count). The van der Waals surface area contributed by atoms with Gasteiger partial charge in [0.25, 0.3) is 11.8 Å². The van der Waals surface area contributed by atoms with Crippen LogP contribution >= 0.6 is 0 Å². The molecule has 5 aromatic heterocycles. The lowest BCUT2D eigenvalue weighted by atomic mass is 9.62. The molecule has 21 nitrogen and oxygen atoms in total. The molecule has 2 aliphatic heterocycles. The summed E-state index contributed by atoms with van der Waals surface area (Å²) in [4.78, 5) is 122. The van der Waals surface area contributed by atoms with Crippen LogP contribution < -0.4 is 16.4 Å². The Balaban J connectivity index is 0.000000153. The molecule has 7 N–H and O–H groups in total. The highest BCUT2D eigenvalue weighted by atomic mass is 16.6. The number of nitrogens with two attached hydrogens (primary N) is 1. The number of carboxylic acid groups (broad SMARTS) is 1. The fourth-order valence-electron chi connectivity index (χ4n) is 15.5. The van der Waals surface area contributed by atoms with Gasteiger partial charge in [-0.2, -0.15) is 0 Å². The first-order valence-electron chi connectivity index (χ1n) is 32.9. The van der Waals surface area contributed by atoms with Gasteiger partial charge in [0.05, 0.1) is 39.1 Å². The van der Waals surface area contributed by atoms with Gasteiger partial charge in [0.1, 0.15) is 28.3 Å². The lowest BCUT2D eigenvalue weighted by molar-refractivity contribution is -0.125. The summed E-state index contributed by atoms with van der Waals surface area (Å²) in [5, 5.41) is 15.2. The Labute approximate surface area is 546 Å². The van der Waals surface area contributed by atoms with Gasteiger partial charge in [-0.05, 0) is 144 Å². The second-order valence-electron chi connectivity index (χ2n) is 32.6. The number of carbonyl (C=O) groups excluding carboxylic acids is 7. The van der Waals surface area contributed by atoms with Gasteiger partial charge in [-0.25, -0.2) is 29.3 Å². The SMILES string of the molecule is CC(C)(C)OC(=O)N1CCC(N)C1.CC(C)(C)OC(=O)N1CCC(NC(=O)c2ccc3c(n2)C2=C(C3)C(=O)C(C)(C)CC2(C)C)C1.CC1(C)CC(C)(C)c2c([nH]c3ccc(C(=O)NC4CCCC4)nc23)C1=O.CC1(C)CC(C)(C)c2c([nH]c3ccc(C(=O)O)nc23)C1=O. The Bertz CT molecular complexity index is 3880. The number of hydrogen-bond donors (Lipinski definition) is 6. The normalized spacial score (nSPS) is 22.0. The average Bonchev–Trinajstić information content (AvgIpc) is 1.64. The summed E-state index contributed by atoms with van der Waals surface area (Å²) in [6, 6.07) is 10.6. The number of carbonyl (C=O) groups is 8. The maximum absolute atomic E-state index is 13.1. The van der Waals surface area contributed by atoms with Crippen LogP contribution in [-0.2, 0) is 31.5 Å². The zero-order valence-electron chi connectivity index (χ0n) is 57.9. The maximum atomic E-state index is 13.1. The van der Waals surface area contributed by atoms with Crippen molar-refractivity contribution in [2.45, 2.75) is 229 Å². The van der Waals surface area contributed by atoms with Crippen molar-refractivity contribution >= 4 is 75.0 Å². The molecule has 5 aliphatic carbocycles. The Morgan fingerprint density at radius 2 is 0.978 bits per heavy atom. The lowest BCUT2D eigenvalue weighted by Crippen LogP contribution is -2.40. The van der Waals surface area contributed by atoms with E-state index in [2.05, 4.69) is 72.1 Å². The molecular formula is C72H98N10O11. The number of ketones is 3. The second kappa shape index (κ2) is 24.8. The van der Waals surface area contributed by atoms with Crippen molar-refractivity contribution in [3.05, 3.63) is 92.8 Å². The number of pyridine rings is 3. The highest BCUT2D eigenvalue weighted by Gasteiger charge is 2.50. The summed E-state index contributed by atoms with van der Waals surface area (Å²) in [7, 11) is 0. The highest BCUT2D eigenvalue weighted by Crippen LogP contribution is 2.55. The van der Waals surface area contributed by atoms with Crippen LogP contribution in [0.3, 0.4) is 0 Å². The molecule has 1 saturated carbocycles.